The molecule has 0 saturated heterocycles. The van der Waals surface area contributed by atoms with Gasteiger partial charge in [-0.3, -0.25) is 4.90 Å². The Kier molecular flexibility index (Phi) is 7.05. The molecule has 0 amide bonds. The largest absolute Gasteiger partial charge is 0.479 e. The monoisotopic (exact) mass is 605 g/mol. The Morgan fingerprint density at radius 1 is 0.941 bits per heavy atom. The van der Waals surface area contributed by atoms with Gasteiger partial charge in [-0.1, -0.05) is 42.5 Å². The van der Waals surface area contributed by atoms with E-state index in [-0.39, 0.29) is 17.3 Å². The highest BCUT2D eigenvalue weighted by Gasteiger charge is 2.32. The molecule has 34 heavy (non-hydrogen) atoms. The van der Waals surface area contributed by atoms with E-state index in [0.717, 1.165) is 32.6 Å². The molecular formula is C25H20INO5S2. The Bertz CT molecular complexity index is 1220. The van der Waals surface area contributed by atoms with Gasteiger partial charge in [0, 0.05) is 6.42 Å². The highest BCUT2D eigenvalue weighted by molar-refractivity contribution is 14.1. The summed E-state index contributed by atoms with van der Waals surface area (Å²) in [7, 11) is 0. The van der Waals surface area contributed by atoms with Crippen molar-refractivity contribution in [3.05, 3.63) is 88.6 Å². The lowest BCUT2D eigenvalue weighted by Gasteiger charge is -2.31. The summed E-state index contributed by atoms with van der Waals surface area (Å²) in [5.74, 6) is 1.37. The molecule has 1 aliphatic heterocycles. The van der Waals surface area contributed by atoms with Crippen molar-refractivity contribution in [3.8, 4) is 17.2 Å². The van der Waals surface area contributed by atoms with Crippen LogP contribution in [0.5, 0.6) is 17.2 Å². The normalized spacial score (nSPS) is 14.0. The molecule has 6 nitrogen and oxygen atoms in total. The van der Waals surface area contributed by atoms with Crippen LogP contribution in [0.4, 0.5) is 10.0 Å². The van der Waals surface area contributed by atoms with Crippen LogP contribution in [-0.2, 0) is 22.6 Å². The fourth-order valence-electron chi connectivity index (χ4n) is 3.55. The van der Waals surface area contributed by atoms with E-state index in [4.69, 9.17) is 14.2 Å². The summed E-state index contributed by atoms with van der Waals surface area (Å²) in [6.07, 6.45) is -0.649. The number of halogens is 1. The van der Waals surface area contributed by atoms with Crippen LogP contribution in [0, 0.1) is 0 Å². The number of carboxylic acid groups (broad SMARTS) is 1. The van der Waals surface area contributed by atoms with Crippen molar-refractivity contribution < 1.29 is 24.1 Å². The number of carboxylic acids is 1. The lowest BCUT2D eigenvalue weighted by atomic mass is 10.1. The standard InChI is InChI=1S/C25H20INO5S2/c26-25(27-22-19(10-12-33-22)32-20-11-13-34-23(20)27)31-18-8-6-16(7-9-18)14-21(24(28)29)30-15-17-4-2-1-3-5-17/h1-13,21,25H,14-15H2,(H,28,29). The van der Waals surface area contributed by atoms with E-state index in [0.29, 0.717) is 5.75 Å². The third-order valence-corrected chi connectivity index (χ3v) is 7.83. The number of thiophene rings is 2. The van der Waals surface area contributed by atoms with Crippen molar-refractivity contribution in [3.63, 3.8) is 0 Å². The van der Waals surface area contributed by atoms with E-state index in [9.17, 15) is 9.90 Å². The summed E-state index contributed by atoms with van der Waals surface area (Å²) in [5, 5.41) is 15.6. The topological polar surface area (TPSA) is 68.2 Å². The van der Waals surface area contributed by atoms with Crippen LogP contribution in [0.1, 0.15) is 11.1 Å². The second-order valence-corrected chi connectivity index (χ2v) is 10.4. The zero-order valence-corrected chi connectivity index (χ0v) is 21.6. The molecule has 5 rings (SSSR count). The summed E-state index contributed by atoms with van der Waals surface area (Å²) in [6.45, 7) is 0.254. The number of anilines is 2. The maximum atomic E-state index is 11.7. The second kappa shape index (κ2) is 10.3. The van der Waals surface area contributed by atoms with Crippen LogP contribution in [0.2, 0.25) is 0 Å². The molecule has 3 heterocycles. The fraction of sp³-hybridized carbons (Fsp3) is 0.160. The first kappa shape index (κ1) is 23.2. The highest BCUT2D eigenvalue weighted by Crippen LogP contribution is 2.53. The number of hydrogen-bond donors (Lipinski definition) is 1. The van der Waals surface area contributed by atoms with Gasteiger partial charge in [-0.25, -0.2) is 4.79 Å². The van der Waals surface area contributed by atoms with Crippen LogP contribution in [0.3, 0.4) is 0 Å². The van der Waals surface area contributed by atoms with Gasteiger partial charge in [0.05, 0.1) is 6.61 Å². The number of hydrogen-bond acceptors (Lipinski definition) is 7. The Hall–Kier alpha value is -2.60. The minimum atomic E-state index is -0.977. The van der Waals surface area contributed by atoms with Gasteiger partial charge in [0.1, 0.15) is 15.8 Å². The van der Waals surface area contributed by atoms with Gasteiger partial charge in [-0.05, 0) is 68.7 Å². The van der Waals surface area contributed by atoms with Crippen molar-refractivity contribution in [1.82, 2.24) is 0 Å². The van der Waals surface area contributed by atoms with Gasteiger partial charge in [0.2, 0.25) is 4.23 Å². The number of fused-ring (bicyclic) bond motifs is 2. The second-order valence-electron chi connectivity index (χ2n) is 7.53. The molecule has 1 aliphatic rings. The Morgan fingerprint density at radius 3 is 2.21 bits per heavy atom. The third-order valence-electron chi connectivity index (χ3n) is 5.23. The van der Waals surface area contributed by atoms with E-state index in [2.05, 4.69) is 27.5 Å². The molecule has 2 aromatic heterocycles. The van der Waals surface area contributed by atoms with Crippen molar-refractivity contribution in [2.75, 3.05) is 4.90 Å². The van der Waals surface area contributed by atoms with Crippen molar-refractivity contribution >= 4 is 61.2 Å². The number of benzene rings is 2. The average Bonchev–Trinajstić information content (AvgIpc) is 3.50. The predicted molar refractivity (Wildman–Crippen MR) is 142 cm³/mol. The van der Waals surface area contributed by atoms with Crippen LogP contribution in [0.25, 0.3) is 0 Å². The molecule has 0 spiro atoms. The molecule has 0 radical (unpaired) electrons. The van der Waals surface area contributed by atoms with E-state index in [1.54, 1.807) is 22.7 Å². The molecule has 0 fully saturated rings. The van der Waals surface area contributed by atoms with Gasteiger partial charge in [0.25, 0.3) is 0 Å². The Labute approximate surface area is 218 Å². The fourth-order valence-corrected chi connectivity index (χ4v) is 6.53. The number of rotatable bonds is 9. The molecule has 2 atom stereocenters. The zero-order chi connectivity index (χ0) is 23.5. The quantitative estimate of drug-likeness (QED) is 0.125. The lowest BCUT2D eigenvalue weighted by molar-refractivity contribution is -0.151. The molecular weight excluding hydrogens is 585 g/mol. The van der Waals surface area contributed by atoms with E-state index < -0.39 is 12.1 Å². The van der Waals surface area contributed by atoms with Gasteiger partial charge < -0.3 is 19.3 Å². The number of aliphatic carboxylic acids is 1. The zero-order valence-electron chi connectivity index (χ0n) is 17.8. The van der Waals surface area contributed by atoms with Crippen LogP contribution in [0.15, 0.2) is 77.5 Å². The van der Waals surface area contributed by atoms with Gasteiger partial charge in [-0.15, -0.1) is 22.7 Å². The van der Waals surface area contributed by atoms with Gasteiger partial charge in [0.15, 0.2) is 17.6 Å². The highest BCUT2D eigenvalue weighted by atomic mass is 127. The van der Waals surface area contributed by atoms with Crippen LogP contribution >= 0.6 is 45.3 Å². The SMILES string of the molecule is O=C(O)C(Cc1ccc(OC(I)N2c3sccc3Oc3ccsc32)cc1)OCc1ccccc1. The first-order valence-corrected chi connectivity index (χ1v) is 13.5. The molecule has 4 aromatic rings. The van der Waals surface area contributed by atoms with E-state index in [1.807, 2.05) is 77.5 Å². The third kappa shape index (κ3) is 5.07. The first-order chi connectivity index (χ1) is 16.6. The number of carbonyl (C=O) groups is 1. The van der Waals surface area contributed by atoms with Gasteiger partial charge in [-0.2, -0.15) is 0 Å². The lowest BCUT2D eigenvalue weighted by Crippen LogP contribution is -2.31. The van der Waals surface area contributed by atoms with Crippen molar-refractivity contribution in [2.45, 2.75) is 23.4 Å². The molecule has 2 unspecified atom stereocenters. The van der Waals surface area contributed by atoms with Crippen molar-refractivity contribution in [1.29, 1.82) is 0 Å². The first-order valence-electron chi connectivity index (χ1n) is 10.5. The number of alkyl halides is 1. The summed E-state index contributed by atoms with van der Waals surface area (Å²) < 4.78 is 17.6. The minimum Gasteiger partial charge on any atom is -0.479 e. The minimum absolute atomic E-state index is 0.254. The molecule has 0 bridgehead atoms. The summed E-state index contributed by atoms with van der Waals surface area (Å²) in [6, 6.07) is 21.0. The maximum absolute atomic E-state index is 11.7. The predicted octanol–water partition coefficient (Wildman–Crippen LogP) is 7.06. The Balaban J connectivity index is 1.24. The molecule has 9 heteroatoms. The smallest absolute Gasteiger partial charge is 0.333 e. The van der Waals surface area contributed by atoms with Crippen molar-refractivity contribution in [2.24, 2.45) is 0 Å². The summed E-state index contributed by atoms with van der Waals surface area (Å²) >= 11 is 5.49. The average molecular weight is 605 g/mol. The molecule has 2 aromatic carbocycles. The van der Waals surface area contributed by atoms with Crippen LogP contribution in [-0.4, -0.2) is 21.4 Å². The van der Waals surface area contributed by atoms with Gasteiger partial charge >= 0.3 is 5.97 Å². The number of ether oxygens (including phenoxy) is 3. The summed E-state index contributed by atoms with van der Waals surface area (Å²) in [4.78, 5) is 13.8. The summed E-state index contributed by atoms with van der Waals surface area (Å²) in [5.41, 5.74) is 1.81. The molecule has 174 valence electrons. The number of nitrogens with zero attached hydrogens (tertiary/aromatic N) is 1. The van der Waals surface area contributed by atoms with Crippen LogP contribution < -0.4 is 14.4 Å². The Morgan fingerprint density at radius 2 is 1.59 bits per heavy atom. The molecule has 0 aliphatic carbocycles. The molecule has 0 saturated carbocycles. The molecule has 1 N–H and O–H groups in total. The van der Waals surface area contributed by atoms with E-state index in [1.165, 1.54) is 0 Å². The maximum Gasteiger partial charge on any atom is 0.333 e. The van der Waals surface area contributed by atoms with E-state index >= 15 is 0 Å².